The zero-order valence-electron chi connectivity index (χ0n) is 27.8. The average molecular weight is 667 g/mol. The minimum atomic E-state index is -3.02. The molecule has 4 heterocycles. The van der Waals surface area contributed by atoms with Gasteiger partial charge in [-0.1, -0.05) is 61.5 Å². The molecule has 1 saturated heterocycles. The molecule has 0 unspecified atom stereocenters. The number of hydrogen-bond acceptors (Lipinski definition) is 7. The van der Waals surface area contributed by atoms with E-state index in [1.54, 1.807) is 22.9 Å². The highest BCUT2D eigenvalue weighted by atomic mass is 28.4. The highest BCUT2D eigenvalue weighted by Crippen LogP contribution is 2.60. The Hall–Kier alpha value is -4.16. The maximum Gasteiger partial charge on any atom is 0.264 e. The number of ether oxygens (including phenoxy) is 1. The number of hydrazone groups is 1. The molecule has 5 atom stereocenters. The minimum absolute atomic E-state index is 0.0340. The molecule has 0 aromatic heterocycles. The van der Waals surface area contributed by atoms with Crippen LogP contribution < -0.4 is 9.91 Å². The number of aliphatic hydroxyl groups is 1. The predicted octanol–water partition coefficient (Wildman–Crippen LogP) is 4.33. The lowest BCUT2D eigenvalue weighted by molar-refractivity contribution is -0.150. The molecule has 3 amide bonds. The van der Waals surface area contributed by atoms with Crippen molar-refractivity contribution in [3.8, 4) is 0 Å². The second-order valence-corrected chi connectivity index (χ2v) is 18.1. The van der Waals surface area contributed by atoms with Gasteiger partial charge < -0.3 is 24.4 Å². The summed E-state index contributed by atoms with van der Waals surface area (Å²) in [7, 11) is -1.32. The van der Waals surface area contributed by atoms with Gasteiger partial charge in [-0.05, 0) is 54.4 Å². The van der Waals surface area contributed by atoms with E-state index < -0.39 is 31.5 Å². The standard InChI is InChI=1S/C37H42N4O6Si/c1-23-35(48(3,4)46)32(20-34(44)40-21-26-13-9-8-12-25(26)18-28(40)22-42)47-37(23)29-19-27(14-16-31(29)39(2)36(37)45)41-33(43)17-15-30(38-41)24-10-6-5-7-11-24/h5-14,16,19,23,28,32,35,42,46H,15,17-18,20-22H2,1-4H3/t23-,28+,32+,35-,37+/m1/s1. The Morgan fingerprint density at radius 2 is 1.73 bits per heavy atom. The van der Waals surface area contributed by atoms with Gasteiger partial charge in [-0.2, -0.15) is 5.10 Å². The van der Waals surface area contributed by atoms with Crippen LogP contribution in [0.2, 0.25) is 18.6 Å². The lowest BCUT2D eigenvalue weighted by Crippen LogP contribution is -2.48. The summed E-state index contributed by atoms with van der Waals surface area (Å²) in [5, 5.41) is 16.4. The molecular formula is C37H42N4O6Si. The smallest absolute Gasteiger partial charge is 0.264 e. The van der Waals surface area contributed by atoms with Crippen molar-refractivity contribution in [3.05, 3.63) is 95.1 Å². The van der Waals surface area contributed by atoms with E-state index in [-0.39, 0.29) is 36.8 Å². The van der Waals surface area contributed by atoms with E-state index >= 15 is 0 Å². The molecule has 48 heavy (non-hydrogen) atoms. The molecule has 0 aliphatic carbocycles. The van der Waals surface area contributed by atoms with E-state index in [9.17, 15) is 24.3 Å². The maximum atomic E-state index is 14.3. The normalized spacial score (nSPS) is 27.0. The number of nitrogens with zero attached hydrogens (tertiary/aromatic N) is 4. The van der Waals surface area contributed by atoms with Gasteiger partial charge in [-0.3, -0.25) is 14.4 Å². The highest BCUT2D eigenvalue weighted by molar-refractivity contribution is 6.71. The summed E-state index contributed by atoms with van der Waals surface area (Å²) in [5.41, 5.74) is 3.79. The van der Waals surface area contributed by atoms with Gasteiger partial charge in [-0.15, -0.1) is 0 Å². The molecular weight excluding hydrogens is 625 g/mol. The van der Waals surface area contributed by atoms with Crippen LogP contribution in [0.3, 0.4) is 0 Å². The topological polar surface area (TPSA) is 123 Å². The number of carbonyl (C=O) groups excluding carboxylic acids is 3. The number of aliphatic hydroxyl groups excluding tert-OH is 1. The van der Waals surface area contributed by atoms with Crippen LogP contribution in [0, 0.1) is 5.92 Å². The van der Waals surface area contributed by atoms with E-state index in [1.165, 1.54) is 5.01 Å². The van der Waals surface area contributed by atoms with Crippen LogP contribution in [-0.2, 0) is 37.7 Å². The van der Waals surface area contributed by atoms with Crippen LogP contribution >= 0.6 is 0 Å². The Bertz CT molecular complexity index is 1810. The zero-order chi connectivity index (χ0) is 34.0. The van der Waals surface area contributed by atoms with Gasteiger partial charge in [0.05, 0.1) is 42.3 Å². The van der Waals surface area contributed by atoms with Crippen molar-refractivity contribution in [1.82, 2.24) is 4.90 Å². The molecule has 0 saturated carbocycles. The number of carbonyl (C=O) groups is 3. The van der Waals surface area contributed by atoms with Gasteiger partial charge in [0.1, 0.15) is 0 Å². The van der Waals surface area contributed by atoms with Crippen molar-refractivity contribution in [2.75, 3.05) is 23.6 Å². The number of anilines is 2. The molecule has 1 spiro atoms. The van der Waals surface area contributed by atoms with Crippen LogP contribution in [0.25, 0.3) is 0 Å². The third-order valence-electron chi connectivity index (χ3n) is 10.7. The fourth-order valence-corrected chi connectivity index (χ4v) is 11.0. The van der Waals surface area contributed by atoms with Crippen molar-refractivity contribution >= 4 is 43.1 Å². The lowest BCUT2D eigenvalue weighted by atomic mass is 9.82. The third-order valence-corrected chi connectivity index (χ3v) is 13.2. The van der Waals surface area contributed by atoms with Gasteiger partial charge in [0.15, 0.2) is 13.9 Å². The van der Waals surface area contributed by atoms with Gasteiger partial charge in [0.25, 0.3) is 5.91 Å². The Balaban J connectivity index is 1.24. The van der Waals surface area contributed by atoms with Crippen LogP contribution in [0.5, 0.6) is 0 Å². The minimum Gasteiger partial charge on any atom is -0.432 e. The van der Waals surface area contributed by atoms with E-state index in [4.69, 9.17) is 9.84 Å². The Morgan fingerprint density at radius 3 is 2.44 bits per heavy atom. The second-order valence-electron chi connectivity index (χ2n) is 14.1. The molecule has 250 valence electrons. The lowest BCUT2D eigenvalue weighted by Gasteiger charge is -2.37. The first-order chi connectivity index (χ1) is 22.9. The molecule has 7 rings (SSSR count). The van der Waals surface area contributed by atoms with Gasteiger partial charge in [0, 0.05) is 43.5 Å². The van der Waals surface area contributed by atoms with Crippen molar-refractivity contribution < 1.29 is 29.0 Å². The number of fused-ring (bicyclic) bond motifs is 3. The van der Waals surface area contributed by atoms with Gasteiger partial charge in [0.2, 0.25) is 11.8 Å². The van der Waals surface area contributed by atoms with Crippen molar-refractivity contribution in [3.63, 3.8) is 0 Å². The number of hydrogen-bond donors (Lipinski definition) is 2. The first-order valence-electron chi connectivity index (χ1n) is 16.7. The number of rotatable bonds is 6. The third kappa shape index (κ3) is 5.20. The largest absolute Gasteiger partial charge is 0.432 e. The summed E-state index contributed by atoms with van der Waals surface area (Å²) in [4.78, 5) is 56.6. The SMILES string of the molecule is C[C@@H]1[C@@H]([Si](C)(C)O)[C@H](CC(=O)N2Cc3ccccc3C[C@H]2CO)O[C@@]12C(=O)N(C)c1ccc(N3N=C(c4ccccc4)CCC3=O)cc12. The molecule has 0 radical (unpaired) electrons. The Labute approximate surface area is 281 Å². The van der Waals surface area contributed by atoms with Gasteiger partial charge in [-0.25, -0.2) is 5.01 Å². The summed E-state index contributed by atoms with van der Waals surface area (Å²) in [6.45, 7) is 5.79. The number of amides is 3. The second kappa shape index (κ2) is 12.1. The van der Waals surface area contributed by atoms with Crippen molar-refractivity contribution in [2.24, 2.45) is 11.0 Å². The molecule has 0 bridgehead atoms. The molecule has 3 aromatic rings. The van der Waals surface area contributed by atoms with Crippen LogP contribution in [0.1, 0.15) is 48.4 Å². The molecule has 4 aliphatic rings. The van der Waals surface area contributed by atoms with E-state index in [0.29, 0.717) is 42.7 Å². The summed E-state index contributed by atoms with van der Waals surface area (Å²) < 4.78 is 6.86. The van der Waals surface area contributed by atoms with E-state index in [1.807, 2.05) is 86.7 Å². The molecule has 3 aromatic carbocycles. The van der Waals surface area contributed by atoms with E-state index in [2.05, 4.69) is 0 Å². The first kappa shape index (κ1) is 32.4. The van der Waals surface area contributed by atoms with E-state index in [0.717, 1.165) is 22.4 Å². The summed E-state index contributed by atoms with van der Waals surface area (Å²) in [5.74, 6) is -1.06. The molecule has 10 nitrogen and oxygen atoms in total. The molecule has 2 N–H and O–H groups in total. The van der Waals surface area contributed by atoms with Crippen LogP contribution in [0.15, 0.2) is 77.9 Å². The monoisotopic (exact) mass is 666 g/mol. The zero-order valence-corrected chi connectivity index (χ0v) is 28.8. The Kier molecular flexibility index (Phi) is 8.14. The van der Waals surface area contributed by atoms with Crippen molar-refractivity contribution in [1.29, 1.82) is 0 Å². The van der Waals surface area contributed by atoms with Crippen molar-refractivity contribution in [2.45, 2.75) is 75.5 Å². The highest BCUT2D eigenvalue weighted by Gasteiger charge is 2.66. The number of benzene rings is 3. The summed E-state index contributed by atoms with van der Waals surface area (Å²) >= 11 is 0. The maximum absolute atomic E-state index is 14.3. The quantitative estimate of drug-likeness (QED) is 0.378. The molecule has 1 fully saturated rings. The van der Waals surface area contributed by atoms with Crippen LogP contribution in [0.4, 0.5) is 11.4 Å². The fourth-order valence-electron chi connectivity index (χ4n) is 8.43. The van der Waals surface area contributed by atoms with Gasteiger partial charge >= 0.3 is 0 Å². The molecule has 4 aliphatic heterocycles. The number of likely N-dealkylation sites (N-methyl/N-ethyl adjacent to an activating group) is 1. The first-order valence-corrected chi connectivity index (χ1v) is 19.7. The predicted molar refractivity (Wildman–Crippen MR) is 185 cm³/mol. The van der Waals surface area contributed by atoms with Crippen LogP contribution in [-0.4, -0.2) is 72.4 Å². The fraction of sp³-hybridized carbons (Fsp3) is 0.405. The summed E-state index contributed by atoms with van der Waals surface area (Å²) in [6.07, 6.45) is 0.615. The molecule has 11 heteroatoms. The Morgan fingerprint density at radius 1 is 1.02 bits per heavy atom. The summed E-state index contributed by atoms with van der Waals surface area (Å²) in [6, 6.07) is 22.8. The average Bonchev–Trinajstić information content (AvgIpc) is 3.49.